The van der Waals surface area contributed by atoms with Gasteiger partial charge in [0.15, 0.2) is 11.5 Å². The van der Waals surface area contributed by atoms with E-state index in [4.69, 9.17) is 14.5 Å². The number of ether oxygens (including phenoxy) is 2. The Kier molecular flexibility index (Phi) is 5.02. The Hall–Kier alpha value is -3.09. The average molecular weight is 419 g/mol. The Morgan fingerprint density at radius 1 is 1.17 bits per heavy atom. The zero-order valence-corrected chi connectivity index (χ0v) is 17.5. The van der Waals surface area contributed by atoms with Crippen LogP contribution < -0.4 is 9.47 Å². The van der Waals surface area contributed by atoms with Gasteiger partial charge in [-0.2, -0.15) is 0 Å². The van der Waals surface area contributed by atoms with Crippen LogP contribution in [0.1, 0.15) is 11.3 Å². The molecule has 4 aromatic rings. The highest BCUT2D eigenvalue weighted by atomic mass is 32.1. The third-order valence-corrected chi connectivity index (χ3v) is 6.27. The van der Waals surface area contributed by atoms with Crippen molar-refractivity contribution in [2.24, 2.45) is 0 Å². The summed E-state index contributed by atoms with van der Waals surface area (Å²) < 4.78 is 11.4. The quantitative estimate of drug-likeness (QED) is 0.501. The number of hydrogen-bond donors (Lipinski definition) is 1. The van der Waals surface area contributed by atoms with Gasteiger partial charge in [0.05, 0.1) is 12.8 Å². The van der Waals surface area contributed by atoms with Gasteiger partial charge in [-0.15, -0.1) is 11.3 Å². The Morgan fingerprint density at radius 2 is 2.10 bits per heavy atom. The fraction of sp³-hybridized carbons (Fsp3) is 0.208. The van der Waals surface area contributed by atoms with E-state index in [-0.39, 0.29) is 5.75 Å². The minimum absolute atomic E-state index is 0.200. The van der Waals surface area contributed by atoms with E-state index >= 15 is 0 Å². The predicted molar refractivity (Wildman–Crippen MR) is 119 cm³/mol. The lowest BCUT2D eigenvalue weighted by atomic mass is 10.1. The highest BCUT2D eigenvalue weighted by Gasteiger charge is 2.20. The molecule has 0 unspecified atom stereocenters. The molecule has 5 nitrogen and oxygen atoms in total. The molecule has 0 amide bonds. The van der Waals surface area contributed by atoms with Gasteiger partial charge < -0.3 is 14.6 Å². The van der Waals surface area contributed by atoms with E-state index in [0.717, 1.165) is 44.9 Å². The van der Waals surface area contributed by atoms with Gasteiger partial charge in [-0.25, -0.2) is 4.98 Å². The summed E-state index contributed by atoms with van der Waals surface area (Å²) in [4.78, 5) is 8.28. The molecule has 0 spiro atoms. The third kappa shape index (κ3) is 3.60. The fourth-order valence-corrected chi connectivity index (χ4v) is 4.63. The Bertz CT molecular complexity index is 1190. The second-order valence-corrected chi connectivity index (χ2v) is 8.30. The molecule has 6 heteroatoms. The number of pyridine rings is 1. The molecular weight excluding hydrogens is 396 g/mol. The Labute approximate surface area is 179 Å². The molecule has 3 heterocycles. The molecule has 0 bridgehead atoms. The standard InChI is InChI=1S/C24H22N2O3S/c1-28-21-5-2-4-16-7-8-19(25-23(16)21)15-26-9-10-29-24-18(14-26)12-17(13-20(24)27)22-6-3-11-30-22/h2-8,11-13,27H,9-10,14-15H2,1H3. The number of fused-ring (bicyclic) bond motifs is 2. The normalized spacial score (nSPS) is 14.2. The largest absolute Gasteiger partial charge is 0.504 e. The van der Waals surface area contributed by atoms with Crippen LogP contribution in [0, 0.1) is 0 Å². The zero-order chi connectivity index (χ0) is 20.5. The predicted octanol–water partition coefficient (Wildman–Crippen LogP) is 5.07. The smallest absolute Gasteiger partial charge is 0.165 e. The molecule has 1 aliphatic heterocycles. The first-order valence-corrected chi connectivity index (χ1v) is 10.8. The lowest BCUT2D eigenvalue weighted by Gasteiger charge is -2.19. The van der Waals surface area contributed by atoms with Gasteiger partial charge in [0.2, 0.25) is 0 Å². The molecular formula is C24H22N2O3S. The van der Waals surface area contributed by atoms with Crippen molar-refractivity contribution in [1.29, 1.82) is 0 Å². The van der Waals surface area contributed by atoms with E-state index in [0.29, 0.717) is 25.4 Å². The van der Waals surface area contributed by atoms with Crippen LogP contribution in [0.25, 0.3) is 21.3 Å². The molecule has 0 fully saturated rings. The summed E-state index contributed by atoms with van der Waals surface area (Å²) >= 11 is 1.66. The van der Waals surface area contributed by atoms with E-state index < -0.39 is 0 Å². The first-order valence-electron chi connectivity index (χ1n) is 9.89. The van der Waals surface area contributed by atoms with Crippen molar-refractivity contribution in [3.63, 3.8) is 0 Å². The van der Waals surface area contributed by atoms with Crippen molar-refractivity contribution in [2.45, 2.75) is 13.1 Å². The number of phenolic OH excluding ortho intramolecular Hbond substituents is 1. The summed E-state index contributed by atoms with van der Waals surface area (Å²) in [7, 11) is 1.67. The van der Waals surface area contributed by atoms with E-state index in [1.54, 1.807) is 24.5 Å². The number of aromatic hydroxyl groups is 1. The van der Waals surface area contributed by atoms with Crippen LogP contribution in [0.5, 0.6) is 17.2 Å². The zero-order valence-electron chi connectivity index (χ0n) is 16.7. The number of para-hydroxylation sites is 1. The van der Waals surface area contributed by atoms with Crippen LogP contribution in [0.4, 0.5) is 0 Å². The van der Waals surface area contributed by atoms with Gasteiger partial charge in [0, 0.05) is 35.5 Å². The molecule has 0 saturated heterocycles. The average Bonchev–Trinajstić information content (AvgIpc) is 3.22. The first kappa shape index (κ1) is 18.9. The highest BCUT2D eigenvalue weighted by molar-refractivity contribution is 7.13. The lowest BCUT2D eigenvalue weighted by Crippen LogP contribution is -2.25. The van der Waals surface area contributed by atoms with Crippen LogP contribution in [0.15, 0.2) is 60.0 Å². The summed E-state index contributed by atoms with van der Waals surface area (Å²) in [5.74, 6) is 1.57. The minimum Gasteiger partial charge on any atom is -0.504 e. The molecule has 1 aliphatic rings. The molecule has 2 aromatic heterocycles. The highest BCUT2D eigenvalue weighted by Crippen LogP contribution is 2.39. The second-order valence-electron chi connectivity index (χ2n) is 7.35. The molecule has 0 radical (unpaired) electrons. The maximum absolute atomic E-state index is 10.5. The number of rotatable bonds is 4. The van der Waals surface area contributed by atoms with E-state index in [1.807, 2.05) is 29.6 Å². The SMILES string of the molecule is COc1cccc2ccc(CN3CCOc4c(O)cc(-c5cccs5)cc4C3)nc12. The molecule has 0 aliphatic carbocycles. The molecule has 2 aromatic carbocycles. The van der Waals surface area contributed by atoms with Crippen LogP contribution in [-0.4, -0.2) is 35.3 Å². The van der Waals surface area contributed by atoms with Crippen molar-refractivity contribution >= 4 is 22.2 Å². The number of phenols is 1. The lowest BCUT2D eigenvalue weighted by molar-refractivity contribution is 0.215. The number of benzene rings is 2. The second kappa shape index (κ2) is 7.97. The maximum Gasteiger partial charge on any atom is 0.165 e. The van der Waals surface area contributed by atoms with Crippen LogP contribution in [0.2, 0.25) is 0 Å². The van der Waals surface area contributed by atoms with Crippen LogP contribution >= 0.6 is 11.3 Å². The minimum atomic E-state index is 0.200. The molecule has 1 N–H and O–H groups in total. The third-order valence-electron chi connectivity index (χ3n) is 5.35. The van der Waals surface area contributed by atoms with E-state index in [2.05, 4.69) is 29.2 Å². The molecule has 5 rings (SSSR count). The summed E-state index contributed by atoms with van der Waals surface area (Å²) in [6.45, 7) is 2.67. The van der Waals surface area contributed by atoms with Crippen molar-refractivity contribution in [3.05, 3.63) is 71.2 Å². The van der Waals surface area contributed by atoms with Crippen molar-refractivity contribution < 1.29 is 14.6 Å². The van der Waals surface area contributed by atoms with Crippen molar-refractivity contribution in [2.75, 3.05) is 20.3 Å². The van der Waals surface area contributed by atoms with Gasteiger partial charge in [-0.3, -0.25) is 4.90 Å². The first-order chi connectivity index (χ1) is 14.7. The van der Waals surface area contributed by atoms with Crippen molar-refractivity contribution in [3.8, 4) is 27.7 Å². The van der Waals surface area contributed by atoms with Gasteiger partial charge in [-0.05, 0) is 41.3 Å². The maximum atomic E-state index is 10.5. The molecule has 0 saturated carbocycles. The van der Waals surface area contributed by atoms with Gasteiger partial charge >= 0.3 is 0 Å². The summed E-state index contributed by atoms with van der Waals surface area (Å²) in [6, 6.07) is 18.1. The molecule has 30 heavy (non-hydrogen) atoms. The number of nitrogens with zero attached hydrogens (tertiary/aromatic N) is 2. The van der Waals surface area contributed by atoms with Gasteiger partial charge in [0.25, 0.3) is 0 Å². The molecule has 0 atom stereocenters. The summed E-state index contributed by atoms with van der Waals surface area (Å²) in [5.41, 5.74) is 3.87. The number of hydrogen-bond acceptors (Lipinski definition) is 6. The summed E-state index contributed by atoms with van der Waals surface area (Å²) in [5, 5.41) is 13.7. The van der Waals surface area contributed by atoms with Crippen LogP contribution in [-0.2, 0) is 13.1 Å². The Morgan fingerprint density at radius 3 is 2.93 bits per heavy atom. The van der Waals surface area contributed by atoms with Crippen molar-refractivity contribution in [1.82, 2.24) is 9.88 Å². The number of thiophene rings is 1. The van der Waals surface area contributed by atoms with Crippen LogP contribution in [0.3, 0.4) is 0 Å². The van der Waals surface area contributed by atoms with Gasteiger partial charge in [-0.1, -0.05) is 24.3 Å². The topological polar surface area (TPSA) is 54.8 Å². The van der Waals surface area contributed by atoms with E-state index in [1.165, 1.54) is 0 Å². The molecule has 152 valence electrons. The monoisotopic (exact) mass is 418 g/mol. The van der Waals surface area contributed by atoms with E-state index in [9.17, 15) is 5.11 Å². The van der Waals surface area contributed by atoms with Gasteiger partial charge in [0.1, 0.15) is 17.9 Å². The summed E-state index contributed by atoms with van der Waals surface area (Å²) in [6.07, 6.45) is 0. The number of aromatic nitrogens is 1. The number of methoxy groups -OCH3 is 1. The Balaban J connectivity index is 1.44. The fourth-order valence-electron chi connectivity index (χ4n) is 3.92.